The van der Waals surface area contributed by atoms with Crippen LogP contribution in [0.4, 0.5) is 4.39 Å². The van der Waals surface area contributed by atoms with Gasteiger partial charge in [-0.2, -0.15) is 0 Å². The average Bonchev–Trinajstić information content (AvgIpc) is 2.48. The van der Waals surface area contributed by atoms with Crippen molar-refractivity contribution in [3.8, 4) is 5.75 Å². The van der Waals surface area contributed by atoms with Crippen molar-refractivity contribution in [2.24, 2.45) is 5.73 Å². The van der Waals surface area contributed by atoms with Gasteiger partial charge in [0.1, 0.15) is 11.6 Å². The highest BCUT2D eigenvalue weighted by molar-refractivity contribution is 9.10. The molecule has 0 saturated carbocycles. The van der Waals surface area contributed by atoms with Crippen LogP contribution >= 0.6 is 15.9 Å². The minimum atomic E-state index is -0.860. The summed E-state index contributed by atoms with van der Waals surface area (Å²) in [5, 5.41) is 10.6. The van der Waals surface area contributed by atoms with E-state index in [1.165, 1.54) is 12.1 Å². The number of aliphatic hydroxyl groups excluding tert-OH is 1. The maximum Gasteiger partial charge on any atom is 0.124 e. The Hall–Kier alpha value is -1.43. The van der Waals surface area contributed by atoms with E-state index in [0.717, 1.165) is 5.56 Å². The number of halogens is 2. The van der Waals surface area contributed by atoms with E-state index in [4.69, 9.17) is 10.5 Å². The van der Waals surface area contributed by atoms with Gasteiger partial charge in [0.15, 0.2) is 0 Å². The molecule has 2 rings (SSSR count). The van der Waals surface area contributed by atoms with E-state index >= 15 is 0 Å². The van der Waals surface area contributed by atoms with Gasteiger partial charge in [-0.15, -0.1) is 0 Å². The minimum absolute atomic E-state index is 0.241. The summed E-state index contributed by atoms with van der Waals surface area (Å²) in [4.78, 5) is 0. The number of rotatable bonds is 5. The number of methoxy groups -OCH3 is 1. The summed E-state index contributed by atoms with van der Waals surface area (Å²) in [5.74, 6) is -0.0347. The molecule has 5 heteroatoms. The SMILES string of the molecule is COc1ccccc1C(CN)C(O)c1ccc(F)cc1Br. The van der Waals surface area contributed by atoms with Crippen LogP contribution in [0, 0.1) is 5.82 Å². The van der Waals surface area contributed by atoms with E-state index in [-0.39, 0.29) is 18.3 Å². The zero-order valence-corrected chi connectivity index (χ0v) is 13.2. The van der Waals surface area contributed by atoms with Gasteiger partial charge in [-0.3, -0.25) is 0 Å². The van der Waals surface area contributed by atoms with Gasteiger partial charge in [-0.25, -0.2) is 4.39 Å². The van der Waals surface area contributed by atoms with Gasteiger partial charge < -0.3 is 15.6 Å². The van der Waals surface area contributed by atoms with Gasteiger partial charge in [0, 0.05) is 22.5 Å². The third-order valence-corrected chi connectivity index (χ3v) is 4.14. The topological polar surface area (TPSA) is 55.5 Å². The predicted molar refractivity (Wildman–Crippen MR) is 83.8 cm³/mol. The molecular formula is C16H17BrFNO2. The zero-order chi connectivity index (χ0) is 15.4. The first-order chi connectivity index (χ1) is 10.1. The van der Waals surface area contributed by atoms with Crippen molar-refractivity contribution in [1.29, 1.82) is 0 Å². The molecule has 0 saturated heterocycles. The molecule has 0 amide bonds. The summed E-state index contributed by atoms with van der Waals surface area (Å²) >= 11 is 3.28. The van der Waals surface area contributed by atoms with Crippen LogP contribution in [0.2, 0.25) is 0 Å². The number of para-hydroxylation sites is 1. The number of hydrogen-bond acceptors (Lipinski definition) is 3. The fraction of sp³-hybridized carbons (Fsp3) is 0.250. The van der Waals surface area contributed by atoms with Crippen molar-refractivity contribution < 1.29 is 14.2 Å². The quantitative estimate of drug-likeness (QED) is 0.866. The molecule has 2 aromatic rings. The smallest absolute Gasteiger partial charge is 0.124 e. The molecule has 0 fully saturated rings. The van der Waals surface area contributed by atoms with Gasteiger partial charge in [-0.05, 0) is 23.8 Å². The number of ether oxygens (including phenoxy) is 1. The molecule has 21 heavy (non-hydrogen) atoms. The summed E-state index contributed by atoms with van der Waals surface area (Å²) in [6, 6.07) is 11.6. The lowest BCUT2D eigenvalue weighted by atomic mass is 9.88. The number of nitrogens with two attached hydrogens (primary N) is 1. The Balaban J connectivity index is 2.40. The monoisotopic (exact) mass is 353 g/mol. The first-order valence-corrected chi connectivity index (χ1v) is 7.33. The number of hydrogen-bond donors (Lipinski definition) is 2. The fourth-order valence-electron chi connectivity index (χ4n) is 2.36. The Kier molecular flexibility index (Phi) is 5.33. The minimum Gasteiger partial charge on any atom is -0.496 e. The van der Waals surface area contributed by atoms with Crippen LogP contribution in [0.5, 0.6) is 5.75 Å². The van der Waals surface area contributed by atoms with Crippen LogP contribution in [-0.4, -0.2) is 18.8 Å². The second-order valence-electron chi connectivity index (χ2n) is 4.69. The van der Waals surface area contributed by atoms with Gasteiger partial charge in [0.25, 0.3) is 0 Å². The van der Waals surface area contributed by atoms with Crippen molar-refractivity contribution in [2.75, 3.05) is 13.7 Å². The van der Waals surface area contributed by atoms with Crippen LogP contribution < -0.4 is 10.5 Å². The third-order valence-electron chi connectivity index (χ3n) is 3.45. The molecule has 0 aliphatic heterocycles. The highest BCUT2D eigenvalue weighted by Gasteiger charge is 2.25. The molecule has 3 nitrogen and oxygen atoms in total. The molecule has 2 unspecified atom stereocenters. The van der Waals surface area contributed by atoms with Crippen molar-refractivity contribution in [3.05, 3.63) is 63.9 Å². The Labute approximate surface area is 131 Å². The molecule has 0 aliphatic rings. The van der Waals surface area contributed by atoms with Crippen LogP contribution in [0.15, 0.2) is 46.9 Å². The van der Waals surface area contributed by atoms with Gasteiger partial charge in [-0.1, -0.05) is 40.2 Å². The second kappa shape index (κ2) is 7.02. The van der Waals surface area contributed by atoms with Crippen molar-refractivity contribution in [1.82, 2.24) is 0 Å². The summed E-state index contributed by atoms with van der Waals surface area (Å²) in [6.45, 7) is 0.241. The highest BCUT2D eigenvalue weighted by Crippen LogP contribution is 2.37. The van der Waals surface area contributed by atoms with Crippen molar-refractivity contribution in [3.63, 3.8) is 0 Å². The molecule has 0 radical (unpaired) electrons. The van der Waals surface area contributed by atoms with Crippen LogP contribution in [-0.2, 0) is 0 Å². The first-order valence-electron chi connectivity index (χ1n) is 6.54. The van der Waals surface area contributed by atoms with E-state index < -0.39 is 6.10 Å². The number of aliphatic hydroxyl groups is 1. The molecule has 112 valence electrons. The fourth-order valence-corrected chi connectivity index (χ4v) is 2.94. The molecule has 0 spiro atoms. The maximum atomic E-state index is 13.2. The van der Waals surface area contributed by atoms with Crippen LogP contribution in [0.25, 0.3) is 0 Å². The average molecular weight is 354 g/mol. The van der Waals surface area contributed by atoms with E-state index in [1.54, 1.807) is 13.2 Å². The normalized spacial score (nSPS) is 13.8. The van der Waals surface area contributed by atoms with Gasteiger partial charge in [0.05, 0.1) is 13.2 Å². The second-order valence-corrected chi connectivity index (χ2v) is 5.55. The molecule has 0 aliphatic carbocycles. The third kappa shape index (κ3) is 3.43. The molecule has 0 heterocycles. The van der Waals surface area contributed by atoms with E-state index in [0.29, 0.717) is 15.8 Å². The largest absolute Gasteiger partial charge is 0.496 e. The van der Waals surface area contributed by atoms with E-state index in [2.05, 4.69) is 15.9 Å². The van der Waals surface area contributed by atoms with Crippen molar-refractivity contribution in [2.45, 2.75) is 12.0 Å². The predicted octanol–water partition coefficient (Wildman–Crippen LogP) is 3.37. The summed E-state index contributed by atoms with van der Waals surface area (Å²) in [5.41, 5.74) is 7.26. The molecule has 0 aromatic heterocycles. The highest BCUT2D eigenvalue weighted by atomic mass is 79.9. The molecule has 2 atom stereocenters. The van der Waals surface area contributed by atoms with Gasteiger partial charge in [0.2, 0.25) is 0 Å². The van der Waals surface area contributed by atoms with E-state index in [1.807, 2.05) is 24.3 Å². The van der Waals surface area contributed by atoms with Crippen LogP contribution in [0.3, 0.4) is 0 Å². The Morgan fingerprint density at radius 3 is 2.57 bits per heavy atom. The lowest BCUT2D eigenvalue weighted by Crippen LogP contribution is -2.21. The lowest BCUT2D eigenvalue weighted by Gasteiger charge is -2.24. The summed E-state index contributed by atoms with van der Waals surface area (Å²) < 4.78 is 19.0. The standard InChI is InChI=1S/C16H17BrFNO2/c1-21-15-5-3-2-4-11(15)13(9-19)16(20)12-7-6-10(18)8-14(12)17/h2-8,13,16,20H,9,19H2,1H3. The van der Waals surface area contributed by atoms with Crippen molar-refractivity contribution >= 4 is 15.9 Å². The Morgan fingerprint density at radius 1 is 1.24 bits per heavy atom. The first kappa shape index (κ1) is 15.9. The lowest BCUT2D eigenvalue weighted by molar-refractivity contribution is 0.145. The number of benzene rings is 2. The molecular weight excluding hydrogens is 337 g/mol. The summed E-state index contributed by atoms with van der Waals surface area (Å²) in [6.07, 6.45) is -0.860. The zero-order valence-electron chi connectivity index (χ0n) is 11.6. The molecule has 2 aromatic carbocycles. The summed E-state index contributed by atoms with van der Waals surface area (Å²) in [7, 11) is 1.58. The van der Waals surface area contributed by atoms with Gasteiger partial charge >= 0.3 is 0 Å². The Morgan fingerprint density at radius 2 is 1.95 bits per heavy atom. The van der Waals surface area contributed by atoms with Crippen LogP contribution in [0.1, 0.15) is 23.1 Å². The van der Waals surface area contributed by atoms with E-state index in [9.17, 15) is 9.50 Å². The Bertz CT molecular complexity index is 621. The maximum absolute atomic E-state index is 13.2. The molecule has 3 N–H and O–H groups in total. The molecule has 0 bridgehead atoms.